The molecule has 0 bridgehead atoms. The van der Waals surface area contributed by atoms with E-state index in [1.165, 1.54) is 0 Å². The zero-order chi connectivity index (χ0) is 20.6. The van der Waals surface area contributed by atoms with Crippen molar-refractivity contribution < 1.29 is 37.3 Å². The highest BCUT2D eigenvalue weighted by Gasteiger charge is 2.38. The van der Waals surface area contributed by atoms with Gasteiger partial charge in [-0.25, -0.2) is 9.59 Å². The number of hydrogen-bond acceptors (Lipinski definition) is 5. The average Bonchev–Trinajstić information content (AvgIpc) is 2.64. The van der Waals surface area contributed by atoms with Gasteiger partial charge in [-0.15, -0.1) is 0 Å². The number of carbonyl (C=O) groups excluding carboxylic acids is 1. The maximum atomic E-state index is 12.0. The van der Waals surface area contributed by atoms with Crippen LogP contribution in [0.25, 0.3) is 0 Å². The molecule has 1 amide bonds. The summed E-state index contributed by atoms with van der Waals surface area (Å²) in [6.07, 6.45) is -2.85. The average molecular weight is 404 g/mol. The molecule has 2 fully saturated rings. The first-order valence-electron chi connectivity index (χ1n) is 8.87. The van der Waals surface area contributed by atoms with Crippen molar-refractivity contribution >= 4 is 12.1 Å². The van der Waals surface area contributed by atoms with Crippen LogP contribution in [0.4, 0.5) is 18.0 Å². The Morgan fingerprint density at radius 1 is 1.11 bits per heavy atom. The minimum Gasteiger partial charge on any atom is -0.475 e. The van der Waals surface area contributed by atoms with E-state index in [1.54, 1.807) is 4.90 Å². The van der Waals surface area contributed by atoms with Crippen LogP contribution in [0.2, 0.25) is 0 Å². The van der Waals surface area contributed by atoms with Gasteiger partial charge < -0.3 is 24.8 Å². The highest BCUT2D eigenvalue weighted by atomic mass is 19.4. The molecule has 0 spiro atoms. The first kappa shape index (κ1) is 22.0. The van der Waals surface area contributed by atoms with E-state index in [-0.39, 0.29) is 12.2 Å². The lowest BCUT2D eigenvalue weighted by atomic mass is 10.1. The normalized spacial score (nSPS) is 17.9. The summed E-state index contributed by atoms with van der Waals surface area (Å²) in [6.45, 7) is 3.69. The second-order valence-corrected chi connectivity index (χ2v) is 6.45. The van der Waals surface area contributed by atoms with Gasteiger partial charge in [0, 0.05) is 26.2 Å². The number of amides is 1. The first-order valence-corrected chi connectivity index (χ1v) is 8.87. The zero-order valence-electron chi connectivity index (χ0n) is 15.2. The van der Waals surface area contributed by atoms with Crippen molar-refractivity contribution in [1.82, 2.24) is 10.2 Å². The van der Waals surface area contributed by atoms with E-state index in [0.29, 0.717) is 12.7 Å². The number of carboxylic acids is 1. The standard InChI is InChI=1S/C16H22N2O3.C2HF3O2/c19-16(20-12-13-4-2-1-3-5-13)18-8-6-14(7-9-18)21-15-10-17-11-15;3-2(4,5)1(6)7/h1-5,14-15,17H,6-12H2;(H,6,7). The number of carbonyl (C=O) groups is 2. The number of rotatable bonds is 4. The molecule has 0 saturated carbocycles. The third-order valence-corrected chi connectivity index (χ3v) is 4.28. The minimum absolute atomic E-state index is 0.220. The van der Waals surface area contributed by atoms with Gasteiger partial charge in [0.1, 0.15) is 6.61 Å². The van der Waals surface area contributed by atoms with Crippen molar-refractivity contribution in [1.29, 1.82) is 0 Å². The van der Waals surface area contributed by atoms with E-state index in [9.17, 15) is 18.0 Å². The summed E-state index contributed by atoms with van der Waals surface area (Å²) in [5.74, 6) is -2.76. The third-order valence-electron chi connectivity index (χ3n) is 4.28. The van der Waals surface area contributed by atoms with Gasteiger partial charge in [-0.3, -0.25) is 0 Å². The molecule has 28 heavy (non-hydrogen) atoms. The SMILES string of the molecule is O=C(O)C(F)(F)F.O=C(OCc1ccccc1)N1CCC(OC2CNC2)CC1. The van der Waals surface area contributed by atoms with Crippen molar-refractivity contribution in [2.45, 2.75) is 37.8 Å². The first-order chi connectivity index (χ1) is 13.3. The molecular weight excluding hydrogens is 381 g/mol. The molecule has 3 rings (SSSR count). The van der Waals surface area contributed by atoms with E-state index >= 15 is 0 Å². The molecule has 1 aromatic rings. The fourth-order valence-electron chi connectivity index (χ4n) is 2.62. The molecular formula is C18H23F3N2O5. The summed E-state index contributed by atoms with van der Waals surface area (Å²) in [6, 6.07) is 9.76. The van der Waals surface area contributed by atoms with Crippen molar-refractivity contribution in [3.05, 3.63) is 35.9 Å². The van der Waals surface area contributed by atoms with E-state index in [4.69, 9.17) is 19.4 Å². The van der Waals surface area contributed by atoms with Gasteiger partial charge in [-0.2, -0.15) is 13.2 Å². The Kier molecular flexibility index (Phi) is 8.06. The number of benzene rings is 1. The fourth-order valence-corrected chi connectivity index (χ4v) is 2.62. The molecule has 0 aliphatic carbocycles. The van der Waals surface area contributed by atoms with Crippen LogP contribution < -0.4 is 5.32 Å². The number of likely N-dealkylation sites (tertiary alicyclic amines) is 1. The van der Waals surface area contributed by atoms with Gasteiger partial charge in [0.25, 0.3) is 0 Å². The Morgan fingerprint density at radius 2 is 1.68 bits per heavy atom. The monoisotopic (exact) mass is 404 g/mol. The maximum Gasteiger partial charge on any atom is 0.490 e. The van der Waals surface area contributed by atoms with Crippen molar-refractivity contribution in [3.8, 4) is 0 Å². The fraction of sp³-hybridized carbons (Fsp3) is 0.556. The predicted molar refractivity (Wildman–Crippen MR) is 92.7 cm³/mol. The van der Waals surface area contributed by atoms with E-state index < -0.39 is 12.1 Å². The maximum absolute atomic E-state index is 12.0. The summed E-state index contributed by atoms with van der Waals surface area (Å²) >= 11 is 0. The molecule has 1 aromatic carbocycles. The van der Waals surface area contributed by atoms with Gasteiger partial charge >= 0.3 is 18.2 Å². The second-order valence-electron chi connectivity index (χ2n) is 6.45. The molecule has 2 heterocycles. The lowest BCUT2D eigenvalue weighted by molar-refractivity contribution is -0.192. The minimum atomic E-state index is -5.08. The van der Waals surface area contributed by atoms with Crippen LogP contribution >= 0.6 is 0 Å². The molecule has 2 aliphatic heterocycles. The van der Waals surface area contributed by atoms with Crippen LogP contribution in [-0.4, -0.2) is 66.6 Å². The summed E-state index contributed by atoms with van der Waals surface area (Å²) in [4.78, 5) is 22.7. The Labute approximate surface area is 160 Å². The topological polar surface area (TPSA) is 88.1 Å². The smallest absolute Gasteiger partial charge is 0.475 e. The lowest BCUT2D eigenvalue weighted by Gasteiger charge is -2.36. The number of piperidine rings is 1. The Bertz CT molecular complexity index is 630. The molecule has 0 unspecified atom stereocenters. The number of ether oxygens (including phenoxy) is 2. The predicted octanol–water partition coefficient (Wildman–Crippen LogP) is 2.41. The van der Waals surface area contributed by atoms with Crippen LogP contribution in [0.15, 0.2) is 30.3 Å². The van der Waals surface area contributed by atoms with E-state index in [2.05, 4.69) is 5.32 Å². The highest BCUT2D eigenvalue weighted by Crippen LogP contribution is 2.18. The van der Waals surface area contributed by atoms with Crippen molar-refractivity contribution in [2.24, 2.45) is 0 Å². The van der Waals surface area contributed by atoms with Gasteiger partial charge in [-0.1, -0.05) is 30.3 Å². The summed E-state index contributed by atoms with van der Waals surface area (Å²) in [5.41, 5.74) is 1.02. The van der Waals surface area contributed by atoms with Crippen LogP contribution in [0.3, 0.4) is 0 Å². The number of hydrogen-bond donors (Lipinski definition) is 2. The van der Waals surface area contributed by atoms with Gasteiger partial charge in [0.2, 0.25) is 0 Å². The molecule has 10 heteroatoms. The Balaban J connectivity index is 0.000000345. The van der Waals surface area contributed by atoms with Gasteiger partial charge in [0.05, 0.1) is 12.2 Å². The molecule has 7 nitrogen and oxygen atoms in total. The van der Waals surface area contributed by atoms with E-state index in [1.807, 2.05) is 30.3 Å². The largest absolute Gasteiger partial charge is 0.490 e. The zero-order valence-corrected chi connectivity index (χ0v) is 15.2. The molecule has 0 atom stereocenters. The number of aliphatic carboxylic acids is 1. The quantitative estimate of drug-likeness (QED) is 0.801. The number of carboxylic acid groups (broad SMARTS) is 1. The molecule has 0 radical (unpaired) electrons. The van der Waals surface area contributed by atoms with Gasteiger partial charge in [-0.05, 0) is 18.4 Å². The Hall–Kier alpha value is -2.33. The summed E-state index contributed by atoms with van der Waals surface area (Å²) < 4.78 is 43.0. The molecule has 156 valence electrons. The van der Waals surface area contributed by atoms with Crippen LogP contribution in [0.1, 0.15) is 18.4 Å². The Morgan fingerprint density at radius 3 is 2.14 bits per heavy atom. The third kappa shape index (κ3) is 7.35. The van der Waals surface area contributed by atoms with Crippen molar-refractivity contribution in [3.63, 3.8) is 0 Å². The van der Waals surface area contributed by atoms with Crippen molar-refractivity contribution in [2.75, 3.05) is 26.2 Å². The van der Waals surface area contributed by atoms with E-state index in [0.717, 1.165) is 44.6 Å². The number of alkyl halides is 3. The van der Waals surface area contributed by atoms with Gasteiger partial charge in [0.15, 0.2) is 0 Å². The highest BCUT2D eigenvalue weighted by molar-refractivity contribution is 5.73. The van der Waals surface area contributed by atoms with Crippen LogP contribution in [0, 0.1) is 0 Å². The molecule has 2 aliphatic rings. The van der Waals surface area contributed by atoms with Crippen LogP contribution in [0.5, 0.6) is 0 Å². The lowest BCUT2D eigenvalue weighted by Crippen LogP contribution is -2.51. The molecule has 0 aromatic heterocycles. The van der Waals surface area contributed by atoms with Crippen LogP contribution in [-0.2, 0) is 20.9 Å². The molecule has 2 N–H and O–H groups in total. The number of halogens is 3. The number of nitrogens with zero attached hydrogens (tertiary/aromatic N) is 1. The summed E-state index contributed by atoms with van der Waals surface area (Å²) in [5, 5.41) is 10.3. The second kappa shape index (κ2) is 10.3. The summed E-state index contributed by atoms with van der Waals surface area (Å²) in [7, 11) is 0. The molecule has 2 saturated heterocycles. The number of nitrogens with one attached hydrogen (secondary N) is 1.